The molecule has 1 aliphatic rings. The Kier molecular flexibility index (Phi) is 2.05. The number of hydrogen-bond acceptors (Lipinski definition) is 2. The normalized spacial score (nSPS) is 14.3. The van der Waals surface area contributed by atoms with Gasteiger partial charge >= 0.3 is 0 Å². The first-order chi connectivity index (χ1) is 9.68. The third-order valence-corrected chi connectivity index (χ3v) is 3.99. The maximum atomic E-state index is 12.2. The van der Waals surface area contributed by atoms with Crippen LogP contribution in [0.2, 0.25) is 0 Å². The van der Waals surface area contributed by atoms with Gasteiger partial charge < -0.3 is 4.90 Å². The zero-order valence-corrected chi connectivity index (χ0v) is 10.9. The summed E-state index contributed by atoms with van der Waals surface area (Å²) in [7, 11) is 1.64. The average molecular weight is 261 g/mol. The van der Waals surface area contributed by atoms with Crippen molar-refractivity contribution in [3.05, 3.63) is 54.1 Å². The molecule has 3 heteroatoms. The van der Waals surface area contributed by atoms with Crippen molar-refractivity contribution in [1.29, 1.82) is 0 Å². The topological polar surface area (TPSA) is 37.4 Å². The van der Waals surface area contributed by atoms with E-state index in [0.29, 0.717) is 11.3 Å². The standard InChI is InChI=1S/C17H11NO2/c1-18-14-9-8-12-11-5-3-2-4-10(11)6-7-13(12)15(14)16(19)17(18)20/h2-9H,1H3. The lowest BCUT2D eigenvalue weighted by molar-refractivity contribution is -0.114. The molecule has 4 rings (SSSR count). The number of hydrogen-bond donors (Lipinski definition) is 0. The molecule has 0 unspecified atom stereocenters. The molecule has 0 N–H and O–H groups in total. The maximum Gasteiger partial charge on any atom is 0.299 e. The number of Topliss-reactive ketones (excluding diaryl/α,β-unsaturated/α-hetero) is 1. The van der Waals surface area contributed by atoms with Crippen LogP contribution in [0.15, 0.2) is 48.5 Å². The highest BCUT2D eigenvalue weighted by Crippen LogP contribution is 2.36. The summed E-state index contributed by atoms with van der Waals surface area (Å²) in [6.07, 6.45) is 0. The predicted molar refractivity (Wildman–Crippen MR) is 79.2 cm³/mol. The molecule has 20 heavy (non-hydrogen) atoms. The summed E-state index contributed by atoms with van der Waals surface area (Å²) in [6, 6.07) is 15.8. The van der Waals surface area contributed by atoms with Crippen LogP contribution in [-0.4, -0.2) is 18.7 Å². The van der Waals surface area contributed by atoms with E-state index in [9.17, 15) is 9.59 Å². The Hall–Kier alpha value is -2.68. The predicted octanol–water partition coefficient (Wildman–Crippen LogP) is 3.15. The number of amides is 1. The largest absolute Gasteiger partial charge is 0.308 e. The Balaban J connectivity index is 2.20. The molecule has 1 aliphatic heterocycles. The summed E-state index contributed by atoms with van der Waals surface area (Å²) in [5, 5.41) is 4.09. The average Bonchev–Trinajstić information content (AvgIpc) is 2.72. The number of likely N-dealkylation sites (N-methyl/N-ethyl adjacent to an activating group) is 1. The molecule has 1 amide bonds. The number of rotatable bonds is 0. The van der Waals surface area contributed by atoms with Gasteiger partial charge in [-0.05, 0) is 27.6 Å². The van der Waals surface area contributed by atoms with Gasteiger partial charge in [0.05, 0.1) is 11.3 Å². The summed E-state index contributed by atoms with van der Waals surface area (Å²) >= 11 is 0. The van der Waals surface area contributed by atoms with E-state index in [2.05, 4.69) is 0 Å². The molecular formula is C17H11NO2. The second kappa shape index (κ2) is 3.67. The fourth-order valence-corrected chi connectivity index (χ4v) is 2.96. The second-order valence-electron chi connectivity index (χ2n) is 5.03. The minimum Gasteiger partial charge on any atom is -0.308 e. The molecule has 0 aliphatic carbocycles. The Morgan fingerprint density at radius 1 is 0.800 bits per heavy atom. The fraction of sp³-hybridized carbons (Fsp3) is 0.0588. The minimum absolute atomic E-state index is 0.414. The molecule has 0 saturated heterocycles. The van der Waals surface area contributed by atoms with E-state index >= 15 is 0 Å². The number of nitrogens with zero attached hydrogens (tertiary/aromatic N) is 1. The Morgan fingerprint density at radius 2 is 1.55 bits per heavy atom. The molecule has 0 radical (unpaired) electrons. The molecule has 0 aromatic heterocycles. The molecular weight excluding hydrogens is 250 g/mol. The van der Waals surface area contributed by atoms with E-state index in [4.69, 9.17) is 0 Å². The third-order valence-electron chi connectivity index (χ3n) is 3.99. The van der Waals surface area contributed by atoms with Crippen LogP contribution in [0.3, 0.4) is 0 Å². The van der Waals surface area contributed by atoms with Crippen molar-refractivity contribution in [1.82, 2.24) is 0 Å². The van der Waals surface area contributed by atoms with Gasteiger partial charge in [0.2, 0.25) is 0 Å². The van der Waals surface area contributed by atoms with Gasteiger partial charge in [-0.15, -0.1) is 0 Å². The van der Waals surface area contributed by atoms with Crippen LogP contribution in [0.4, 0.5) is 5.69 Å². The van der Waals surface area contributed by atoms with Gasteiger partial charge in [0, 0.05) is 7.05 Å². The van der Waals surface area contributed by atoms with E-state index in [1.165, 1.54) is 4.90 Å². The van der Waals surface area contributed by atoms with Crippen molar-refractivity contribution in [2.45, 2.75) is 0 Å². The molecule has 3 nitrogen and oxygen atoms in total. The van der Waals surface area contributed by atoms with Crippen molar-refractivity contribution >= 4 is 38.9 Å². The van der Waals surface area contributed by atoms with E-state index in [0.717, 1.165) is 21.5 Å². The molecule has 0 spiro atoms. The van der Waals surface area contributed by atoms with Gasteiger partial charge in [-0.25, -0.2) is 0 Å². The first-order valence-electron chi connectivity index (χ1n) is 6.45. The summed E-state index contributed by atoms with van der Waals surface area (Å²) in [5.74, 6) is -0.871. The summed E-state index contributed by atoms with van der Waals surface area (Å²) in [5.41, 5.74) is 1.23. The minimum atomic E-state index is -0.458. The first-order valence-corrected chi connectivity index (χ1v) is 6.45. The third kappa shape index (κ3) is 1.24. The molecule has 1 heterocycles. The van der Waals surface area contributed by atoms with Crippen molar-refractivity contribution in [2.24, 2.45) is 0 Å². The summed E-state index contributed by atoms with van der Waals surface area (Å²) in [4.78, 5) is 25.4. The monoisotopic (exact) mass is 261 g/mol. The molecule has 0 fully saturated rings. The van der Waals surface area contributed by atoms with Crippen LogP contribution in [0.1, 0.15) is 10.4 Å². The lowest BCUT2D eigenvalue weighted by Crippen LogP contribution is -2.24. The number of carbonyl (C=O) groups excluding carboxylic acids is 2. The smallest absolute Gasteiger partial charge is 0.299 e. The second-order valence-corrected chi connectivity index (χ2v) is 5.03. The van der Waals surface area contributed by atoms with Crippen LogP contribution >= 0.6 is 0 Å². The Bertz CT molecular complexity index is 911. The Morgan fingerprint density at radius 3 is 2.40 bits per heavy atom. The molecule has 96 valence electrons. The van der Waals surface area contributed by atoms with E-state index in [1.54, 1.807) is 7.05 Å². The van der Waals surface area contributed by atoms with Gasteiger partial charge in [-0.2, -0.15) is 0 Å². The van der Waals surface area contributed by atoms with Crippen LogP contribution in [0.25, 0.3) is 21.5 Å². The molecule has 3 aromatic carbocycles. The van der Waals surface area contributed by atoms with Gasteiger partial charge in [0.25, 0.3) is 11.7 Å². The quantitative estimate of drug-likeness (QED) is 0.460. The molecule has 0 atom stereocenters. The zero-order valence-electron chi connectivity index (χ0n) is 10.9. The van der Waals surface area contributed by atoms with Crippen LogP contribution in [0, 0.1) is 0 Å². The fourth-order valence-electron chi connectivity index (χ4n) is 2.96. The molecule has 0 bridgehead atoms. The number of anilines is 1. The first kappa shape index (κ1) is 11.2. The SMILES string of the molecule is CN1C(=O)C(=O)c2c1ccc1c2ccc2ccccc21. The van der Waals surface area contributed by atoms with Crippen LogP contribution in [0.5, 0.6) is 0 Å². The number of fused-ring (bicyclic) bond motifs is 5. The van der Waals surface area contributed by atoms with Gasteiger partial charge in [-0.3, -0.25) is 9.59 Å². The van der Waals surface area contributed by atoms with Gasteiger partial charge in [0.1, 0.15) is 0 Å². The maximum absolute atomic E-state index is 12.2. The highest BCUT2D eigenvalue weighted by molar-refractivity contribution is 6.54. The van der Waals surface area contributed by atoms with Crippen LogP contribution in [-0.2, 0) is 4.79 Å². The zero-order chi connectivity index (χ0) is 13.9. The highest BCUT2D eigenvalue weighted by Gasteiger charge is 2.34. The number of ketones is 1. The number of carbonyl (C=O) groups is 2. The summed E-state index contributed by atoms with van der Waals surface area (Å²) in [6.45, 7) is 0. The lowest BCUT2D eigenvalue weighted by Gasteiger charge is -2.10. The van der Waals surface area contributed by atoms with Gasteiger partial charge in [0.15, 0.2) is 0 Å². The van der Waals surface area contributed by atoms with Crippen molar-refractivity contribution < 1.29 is 9.59 Å². The molecule has 3 aromatic rings. The molecule has 0 saturated carbocycles. The van der Waals surface area contributed by atoms with Crippen LogP contribution < -0.4 is 4.90 Å². The summed E-state index contributed by atoms with van der Waals surface area (Å²) < 4.78 is 0. The van der Waals surface area contributed by atoms with E-state index < -0.39 is 11.7 Å². The van der Waals surface area contributed by atoms with Gasteiger partial charge in [-0.1, -0.05) is 42.5 Å². The van der Waals surface area contributed by atoms with Crippen molar-refractivity contribution in [3.63, 3.8) is 0 Å². The van der Waals surface area contributed by atoms with Crippen molar-refractivity contribution in [3.8, 4) is 0 Å². The number of benzene rings is 3. The highest BCUT2D eigenvalue weighted by atomic mass is 16.2. The van der Waals surface area contributed by atoms with Crippen molar-refractivity contribution in [2.75, 3.05) is 11.9 Å². The lowest BCUT2D eigenvalue weighted by atomic mass is 9.96. The Labute approximate surface area is 115 Å². The van der Waals surface area contributed by atoms with E-state index in [-0.39, 0.29) is 0 Å². The van der Waals surface area contributed by atoms with E-state index in [1.807, 2.05) is 48.5 Å².